The number of aryl methyl sites for hydroxylation is 1. The molecule has 0 unspecified atom stereocenters. The fourth-order valence-corrected chi connectivity index (χ4v) is 3.10. The predicted octanol–water partition coefficient (Wildman–Crippen LogP) is 4.61. The van der Waals surface area contributed by atoms with E-state index < -0.39 is 0 Å². The summed E-state index contributed by atoms with van der Waals surface area (Å²) < 4.78 is 5.25. The van der Waals surface area contributed by atoms with Gasteiger partial charge in [0.25, 0.3) is 5.89 Å². The van der Waals surface area contributed by atoms with E-state index in [1.165, 1.54) is 11.3 Å². The number of nitrogens with one attached hydrogen (secondary N) is 1. The molecule has 6 nitrogen and oxygen atoms in total. The monoisotopic (exact) mass is 361 g/mol. The highest BCUT2D eigenvalue weighted by atomic mass is 32.1. The van der Waals surface area contributed by atoms with Crippen LogP contribution in [0.3, 0.4) is 0 Å². The van der Waals surface area contributed by atoms with Crippen LogP contribution < -0.4 is 5.43 Å². The van der Waals surface area contributed by atoms with Gasteiger partial charge in [-0.3, -0.25) is 5.43 Å². The summed E-state index contributed by atoms with van der Waals surface area (Å²) in [6, 6.07) is 17.8. The van der Waals surface area contributed by atoms with Crippen LogP contribution in [-0.2, 0) is 0 Å². The number of rotatable bonds is 5. The van der Waals surface area contributed by atoms with Crippen molar-refractivity contribution < 1.29 is 4.52 Å². The molecule has 0 saturated carbocycles. The summed E-state index contributed by atoms with van der Waals surface area (Å²) in [6.07, 6.45) is 1.72. The fourth-order valence-electron chi connectivity index (χ4n) is 2.43. The molecule has 0 bridgehead atoms. The van der Waals surface area contributed by atoms with Crippen molar-refractivity contribution >= 4 is 22.7 Å². The van der Waals surface area contributed by atoms with Crippen LogP contribution in [0.4, 0.5) is 5.13 Å². The summed E-state index contributed by atoms with van der Waals surface area (Å²) in [7, 11) is 0. The highest BCUT2D eigenvalue weighted by Crippen LogP contribution is 2.25. The Morgan fingerprint density at radius 2 is 1.85 bits per heavy atom. The average molecular weight is 361 g/mol. The Kier molecular flexibility index (Phi) is 4.53. The van der Waals surface area contributed by atoms with E-state index >= 15 is 0 Å². The first kappa shape index (κ1) is 16.2. The topological polar surface area (TPSA) is 76.2 Å². The second kappa shape index (κ2) is 7.28. The first-order valence-electron chi connectivity index (χ1n) is 7.99. The van der Waals surface area contributed by atoms with Crippen molar-refractivity contribution in [2.45, 2.75) is 6.92 Å². The van der Waals surface area contributed by atoms with Gasteiger partial charge in [0.2, 0.25) is 5.13 Å². The van der Waals surface area contributed by atoms with Gasteiger partial charge < -0.3 is 4.52 Å². The fraction of sp³-hybridized carbons (Fsp3) is 0.0526. The molecule has 1 N–H and O–H groups in total. The molecule has 128 valence electrons. The maximum absolute atomic E-state index is 5.25. The minimum Gasteiger partial charge on any atom is -0.334 e. The number of hydrogen-bond donors (Lipinski definition) is 1. The van der Waals surface area contributed by atoms with E-state index in [-0.39, 0.29) is 0 Å². The number of thiazole rings is 1. The van der Waals surface area contributed by atoms with E-state index in [4.69, 9.17) is 4.52 Å². The van der Waals surface area contributed by atoms with E-state index in [9.17, 15) is 0 Å². The molecule has 0 atom stereocenters. The van der Waals surface area contributed by atoms with Gasteiger partial charge in [0, 0.05) is 22.1 Å². The van der Waals surface area contributed by atoms with Gasteiger partial charge in [0.1, 0.15) is 0 Å². The minimum atomic E-state index is 0.477. The summed E-state index contributed by atoms with van der Waals surface area (Å²) in [4.78, 5) is 8.82. The lowest BCUT2D eigenvalue weighted by atomic mass is 10.1. The molecule has 0 aliphatic rings. The number of anilines is 1. The molecule has 0 aliphatic carbocycles. The van der Waals surface area contributed by atoms with Crippen molar-refractivity contribution in [3.05, 3.63) is 71.4 Å². The first-order chi connectivity index (χ1) is 12.8. The molecular weight excluding hydrogens is 346 g/mol. The van der Waals surface area contributed by atoms with E-state index in [1.54, 1.807) is 13.1 Å². The van der Waals surface area contributed by atoms with Gasteiger partial charge in [-0.25, -0.2) is 4.98 Å². The Morgan fingerprint density at radius 1 is 1.04 bits per heavy atom. The molecule has 4 rings (SSSR count). The molecule has 0 radical (unpaired) electrons. The molecule has 2 aromatic heterocycles. The van der Waals surface area contributed by atoms with E-state index in [0.29, 0.717) is 11.7 Å². The number of nitrogens with zero attached hydrogens (tertiary/aromatic N) is 4. The maximum Gasteiger partial charge on any atom is 0.258 e. The standard InChI is InChI=1S/C19H15N5OS/c1-13-21-18(25-24-13)16-10-6-5-9-15(16)11-20-23-19-22-17(12-26-19)14-7-3-2-4-8-14/h2-12H,1H3,(H,22,23). The molecule has 2 heterocycles. The summed E-state index contributed by atoms with van der Waals surface area (Å²) in [5.74, 6) is 1.08. The van der Waals surface area contributed by atoms with Gasteiger partial charge in [-0.2, -0.15) is 10.1 Å². The Morgan fingerprint density at radius 3 is 2.65 bits per heavy atom. The zero-order valence-corrected chi connectivity index (χ0v) is 14.8. The largest absolute Gasteiger partial charge is 0.334 e. The van der Waals surface area contributed by atoms with E-state index in [0.717, 1.165) is 27.5 Å². The number of benzene rings is 2. The molecule has 26 heavy (non-hydrogen) atoms. The van der Waals surface area contributed by atoms with Gasteiger partial charge in [-0.1, -0.05) is 53.7 Å². The van der Waals surface area contributed by atoms with Crippen molar-refractivity contribution in [2.75, 3.05) is 5.43 Å². The lowest BCUT2D eigenvalue weighted by molar-refractivity contribution is 0.425. The Balaban J connectivity index is 1.51. The third-order valence-corrected chi connectivity index (χ3v) is 4.40. The van der Waals surface area contributed by atoms with Crippen LogP contribution >= 0.6 is 11.3 Å². The zero-order valence-electron chi connectivity index (χ0n) is 14.0. The molecule has 7 heteroatoms. The highest BCUT2D eigenvalue weighted by Gasteiger charge is 2.10. The lowest BCUT2D eigenvalue weighted by Crippen LogP contribution is -1.93. The minimum absolute atomic E-state index is 0.477. The van der Waals surface area contributed by atoms with Crippen LogP contribution in [0.25, 0.3) is 22.7 Å². The Labute approximate surface area is 154 Å². The second-order valence-electron chi connectivity index (χ2n) is 5.51. The third kappa shape index (κ3) is 3.52. The third-order valence-electron chi connectivity index (χ3n) is 3.66. The average Bonchev–Trinajstić information content (AvgIpc) is 3.32. The van der Waals surface area contributed by atoms with Crippen molar-refractivity contribution in [1.82, 2.24) is 15.1 Å². The summed E-state index contributed by atoms with van der Waals surface area (Å²) >= 11 is 1.51. The second-order valence-corrected chi connectivity index (χ2v) is 6.37. The summed E-state index contributed by atoms with van der Waals surface area (Å²) in [5.41, 5.74) is 6.70. The van der Waals surface area contributed by atoms with E-state index in [2.05, 4.69) is 25.7 Å². The van der Waals surface area contributed by atoms with Crippen LogP contribution in [0, 0.1) is 6.92 Å². The van der Waals surface area contributed by atoms with Crippen LogP contribution in [0.5, 0.6) is 0 Å². The van der Waals surface area contributed by atoms with Crippen LogP contribution in [-0.4, -0.2) is 21.3 Å². The van der Waals surface area contributed by atoms with Crippen LogP contribution in [0.1, 0.15) is 11.4 Å². The smallest absolute Gasteiger partial charge is 0.258 e. The molecule has 0 aliphatic heterocycles. The number of aromatic nitrogens is 3. The van der Waals surface area contributed by atoms with Crippen molar-refractivity contribution in [3.63, 3.8) is 0 Å². The van der Waals surface area contributed by atoms with Gasteiger partial charge in [-0.15, -0.1) is 11.3 Å². The van der Waals surface area contributed by atoms with Gasteiger partial charge in [0.05, 0.1) is 11.9 Å². The highest BCUT2D eigenvalue weighted by molar-refractivity contribution is 7.14. The van der Waals surface area contributed by atoms with E-state index in [1.807, 2.05) is 60.0 Å². The van der Waals surface area contributed by atoms with Gasteiger partial charge in [0.15, 0.2) is 5.82 Å². The maximum atomic E-state index is 5.25. The van der Waals surface area contributed by atoms with Crippen molar-refractivity contribution in [3.8, 4) is 22.7 Å². The normalized spacial score (nSPS) is 11.1. The molecule has 0 amide bonds. The zero-order chi connectivity index (χ0) is 17.8. The molecule has 2 aromatic carbocycles. The molecule has 0 fully saturated rings. The van der Waals surface area contributed by atoms with Crippen molar-refractivity contribution in [1.29, 1.82) is 0 Å². The summed E-state index contributed by atoms with van der Waals surface area (Å²) in [6.45, 7) is 1.79. The molecule has 0 spiro atoms. The first-order valence-corrected chi connectivity index (χ1v) is 8.87. The molecule has 4 aromatic rings. The van der Waals surface area contributed by atoms with Gasteiger partial charge in [-0.05, 0) is 13.0 Å². The predicted molar refractivity (Wildman–Crippen MR) is 103 cm³/mol. The summed E-state index contributed by atoms with van der Waals surface area (Å²) in [5, 5.41) is 10.9. The van der Waals surface area contributed by atoms with Crippen molar-refractivity contribution in [2.24, 2.45) is 5.10 Å². The SMILES string of the molecule is Cc1noc(-c2ccccc2C=NNc2nc(-c3ccccc3)cs2)n1. The Bertz CT molecular complexity index is 1040. The Hall–Kier alpha value is -3.32. The molecule has 0 saturated heterocycles. The van der Waals surface area contributed by atoms with Crippen LogP contribution in [0.2, 0.25) is 0 Å². The quantitative estimate of drug-likeness (QED) is 0.415. The van der Waals surface area contributed by atoms with Crippen LogP contribution in [0.15, 0.2) is 69.6 Å². The lowest BCUT2D eigenvalue weighted by Gasteiger charge is -2.00. The number of hydrazone groups is 1. The molecular formula is C19H15N5OS. The van der Waals surface area contributed by atoms with Gasteiger partial charge >= 0.3 is 0 Å². The number of hydrogen-bond acceptors (Lipinski definition) is 7.